The van der Waals surface area contributed by atoms with Gasteiger partial charge in [-0.3, -0.25) is 9.59 Å². The Hall–Kier alpha value is -1.10. The van der Waals surface area contributed by atoms with Crippen molar-refractivity contribution in [2.45, 2.75) is 38.7 Å². The SMILES string of the molecule is C[C@H](O)CNC(=O)CN1CCCCCC1=O. The lowest BCUT2D eigenvalue weighted by molar-refractivity contribution is -0.135. The Morgan fingerprint density at radius 3 is 2.94 bits per heavy atom. The normalized spacial score (nSPS) is 19.1. The highest BCUT2D eigenvalue weighted by molar-refractivity contribution is 5.84. The van der Waals surface area contributed by atoms with Gasteiger partial charge < -0.3 is 15.3 Å². The number of carbonyl (C=O) groups is 2. The molecule has 1 heterocycles. The molecule has 92 valence electrons. The van der Waals surface area contributed by atoms with E-state index in [1.165, 1.54) is 0 Å². The maximum Gasteiger partial charge on any atom is 0.239 e. The number of hydrogen-bond donors (Lipinski definition) is 2. The van der Waals surface area contributed by atoms with Crippen LogP contribution in [0.25, 0.3) is 0 Å². The summed E-state index contributed by atoms with van der Waals surface area (Å²) in [6.45, 7) is 2.63. The third kappa shape index (κ3) is 4.61. The second-order valence-corrected chi connectivity index (χ2v) is 4.28. The van der Waals surface area contributed by atoms with E-state index in [4.69, 9.17) is 5.11 Å². The van der Waals surface area contributed by atoms with Crippen molar-refractivity contribution in [2.24, 2.45) is 0 Å². The first kappa shape index (κ1) is 13.0. The van der Waals surface area contributed by atoms with Gasteiger partial charge in [-0.05, 0) is 19.8 Å². The minimum atomic E-state index is -0.552. The van der Waals surface area contributed by atoms with E-state index < -0.39 is 6.10 Å². The summed E-state index contributed by atoms with van der Waals surface area (Å²) in [4.78, 5) is 24.6. The fourth-order valence-electron chi connectivity index (χ4n) is 1.70. The Bertz CT molecular complexity index is 254. The lowest BCUT2D eigenvalue weighted by Crippen LogP contribution is -2.42. The fourth-order valence-corrected chi connectivity index (χ4v) is 1.70. The van der Waals surface area contributed by atoms with Gasteiger partial charge in [-0.1, -0.05) is 6.42 Å². The second kappa shape index (κ2) is 6.48. The van der Waals surface area contributed by atoms with Crippen molar-refractivity contribution >= 4 is 11.8 Å². The van der Waals surface area contributed by atoms with Crippen molar-refractivity contribution in [3.63, 3.8) is 0 Å². The number of aliphatic hydroxyl groups excluding tert-OH is 1. The first-order chi connectivity index (χ1) is 7.59. The molecule has 1 aliphatic rings. The summed E-state index contributed by atoms with van der Waals surface area (Å²) in [5.41, 5.74) is 0. The van der Waals surface area contributed by atoms with Gasteiger partial charge in [0.05, 0.1) is 12.6 Å². The number of nitrogens with zero attached hydrogens (tertiary/aromatic N) is 1. The second-order valence-electron chi connectivity index (χ2n) is 4.28. The van der Waals surface area contributed by atoms with E-state index in [1.807, 2.05) is 0 Å². The van der Waals surface area contributed by atoms with Gasteiger partial charge in [0.1, 0.15) is 0 Å². The molecular formula is C11H20N2O3. The molecule has 2 amide bonds. The summed E-state index contributed by atoms with van der Waals surface area (Å²) in [7, 11) is 0. The highest BCUT2D eigenvalue weighted by atomic mass is 16.3. The molecular weight excluding hydrogens is 208 g/mol. The maximum absolute atomic E-state index is 11.6. The Balaban J connectivity index is 2.33. The van der Waals surface area contributed by atoms with Gasteiger partial charge in [0.15, 0.2) is 0 Å². The van der Waals surface area contributed by atoms with Gasteiger partial charge in [0.25, 0.3) is 0 Å². The largest absolute Gasteiger partial charge is 0.392 e. The molecule has 0 spiro atoms. The first-order valence-electron chi connectivity index (χ1n) is 5.82. The third-order valence-corrected chi connectivity index (χ3v) is 2.60. The summed E-state index contributed by atoms with van der Waals surface area (Å²) >= 11 is 0. The minimum Gasteiger partial charge on any atom is -0.392 e. The number of amides is 2. The summed E-state index contributed by atoms with van der Waals surface area (Å²) in [5.74, 6) is -0.138. The quantitative estimate of drug-likeness (QED) is 0.705. The van der Waals surface area contributed by atoms with E-state index in [0.29, 0.717) is 13.0 Å². The number of nitrogens with one attached hydrogen (secondary N) is 1. The molecule has 0 aromatic heterocycles. The standard InChI is InChI=1S/C11H20N2O3/c1-9(14)7-12-10(15)8-13-6-4-2-3-5-11(13)16/h9,14H,2-8H2,1H3,(H,12,15)/t9-/m0/s1. The Labute approximate surface area is 95.8 Å². The molecule has 1 saturated heterocycles. The van der Waals surface area contributed by atoms with Gasteiger partial charge in [-0.25, -0.2) is 0 Å². The summed E-state index contributed by atoms with van der Waals surface area (Å²) in [6, 6.07) is 0. The molecule has 1 rings (SSSR count). The van der Waals surface area contributed by atoms with E-state index in [-0.39, 0.29) is 24.9 Å². The van der Waals surface area contributed by atoms with Crippen molar-refractivity contribution in [3.05, 3.63) is 0 Å². The zero-order chi connectivity index (χ0) is 12.0. The molecule has 0 unspecified atom stereocenters. The molecule has 16 heavy (non-hydrogen) atoms. The molecule has 0 saturated carbocycles. The monoisotopic (exact) mass is 228 g/mol. The van der Waals surface area contributed by atoms with E-state index >= 15 is 0 Å². The summed E-state index contributed by atoms with van der Waals surface area (Å²) in [5, 5.41) is 11.6. The molecule has 0 bridgehead atoms. The topological polar surface area (TPSA) is 69.6 Å². The van der Waals surface area contributed by atoms with Crippen molar-refractivity contribution in [2.75, 3.05) is 19.6 Å². The average Bonchev–Trinajstić information content (AvgIpc) is 2.42. The molecule has 0 radical (unpaired) electrons. The first-order valence-corrected chi connectivity index (χ1v) is 5.82. The van der Waals surface area contributed by atoms with Crippen LogP contribution in [-0.4, -0.2) is 47.6 Å². The van der Waals surface area contributed by atoms with E-state index in [0.717, 1.165) is 19.3 Å². The number of hydrogen-bond acceptors (Lipinski definition) is 3. The number of carbonyl (C=O) groups excluding carboxylic acids is 2. The van der Waals surface area contributed by atoms with Gasteiger partial charge in [-0.15, -0.1) is 0 Å². The van der Waals surface area contributed by atoms with Gasteiger partial charge in [0.2, 0.25) is 11.8 Å². The molecule has 1 atom stereocenters. The predicted molar refractivity (Wildman–Crippen MR) is 59.7 cm³/mol. The van der Waals surface area contributed by atoms with Crippen LogP contribution in [0.1, 0.15) is 32.6 Å². The van der Waals surface area contributed by atoms with Crippen LogP contribution in [0.2, 0.25) is 0 Å². The van der Waals surface area contributed by atoms with Crippen molar-refractivity contribution in [1.29, 1.82) is 0 Å². The average molecular weight is 228 g/mol. The lowest BCUT2D eigenvalue weighted by atomic mass is 10.2. The maximum atomic E-state index is 11.6. The zero-order valence-electron chi connectivity index (χ0n) is 9.74. The summed E-state index contributed by atoms with van der Waals surface area (Å²) < 4.78 is 0. The molecule has 0 aliphatic carbocycles. The molecule has 5 heteroatoms. The number of aliphatic hydroxyl groups is 1. The van der Waals surface area contributed by atoms with Crippen LogP contribution >= 0.6 is 0 Å². The Kier molecular flexibility index (Phi) is 5.25. The predicted octanol–water partition coefficient (Wildman–Crippen LogP) is -0.114. The van der Waals surface area contributed by atoms with Crippen LogP contribution in [0.4, 0.5) is 0 Å². The minimum absolute atomic E-state index is 0.0599. The molecule has 0 aromatic rings. The molecule has 1 fully saturated rings. The smallest absolute Gasteiger partial charge is 0.239 e. The van der Waals surface area contributed by atoms with Gasteiger partial charge in [-0.2, -0.15) is 0 Å². The molecule has 1 aliphatic heterocycles. The van der Waals surface area contributed by atoms with Gasteiger partial charge >= 0.3 is 0 Å². The zero-order valence-corrected chi connectivity index (χ0v) is 9.74. The Morgan fingerprint density at radius 2 is 2.25 bits per heavy atom. The molecule has 0 aromatic carbocycles. The highest BCUT2D eigenvalue weighted by Gasteiger charge is 2.18. The van der Waals surface area contributed by atoms with Crippen LogP contribution < -0.4 is 5.32 Å². The molecule has 5 nitrogen and oxygen atoms in total. The number of likely N-dealkylation sites (tertiary alicyclic amines) is 1. The van der Waals surface area contributed by atoms with Gasteiger partial charge in [0, 0.05) is 19.5 Å². The van der Waals surface area contributed by atoms with Crippen LogP contribution in [0.3, 0.4) is 0 Å². The third-order valence-electron chi connectivity index (χ3n) is 2.60. The highest BCUT2D eigenvalue weighted by Crippen LogP contribution is 2.10. The Morgan fingerprint density at radius 1 is 1.50 bits per heavy atom. The molecule has 2 N–H and O–H groups in total. The number of rotatable bonds is 4. The van der Waals surface area contributed by atoms with Crippen molar-refractivity contribution < 1.29 is 14.7 Å². The van der Waals surface area contributed by atoms with E-state index in [9.17, 15) is 9.59 Å². The van der Waals surface area contributed by atoms with Crippen molar-refractivity contribution in [1.82, 2.24) is 10.2 Å². The lowest BCUT2D eigenvalue weighted by Gasteiger charge is -2.20. The van der Waals surface area contributed by atoms with Crippen molar-refractivity contribution in [3.8, 4) is 0 Å². The van der Waals surface area contributed by atoms with E-state index in [1.54, 1.807) is 11.8 Å². The van der Waals surface area contributed by atoms with Crippen LogP contribution in [0, 0.1) is 0 Å². The fraction of sp³-hybridized carbons (Fsp3) is 0.818. The van der Waals surface area contributed by atoms with Crippen LogP contribution in [0.5, 0.6) is 0 Å². The summed E-state index contributed by atoms with van der Waals surface area (Å²) in [6.07, 6.45) is 2.94. The van der Waals surface area contributed by atoms with Crippen LogP contribution in [-0.2, 0) is 9.59 Å². The van der Waals surface area contributed by atoms with E-state index in [2.05, 4.69) is 5.32 Å². The van der Waals surface area contributed by atoms with Crippen LogP contribution in [0.15, 0.2) is 0 Å².